The molecule has 1 nitrogen and oxygen atoms in total. The molecule has 0 heterocycles. The fraction of sp³-hybridized carbons (Fsp3) is 0.500. The topological polar surface area (TPSA) is 26.0 Å². The van der Waals surface area contributed by atoms with E-state index < -0.39 is 0 Å². The van der Waals surface area contributed by atoms with Gasteiger partial charge in [0.15, 0.2) is 0 Å². The maximum absolute atomic E-state index is 6.18. The molecule has 0 saturated heterocycles. The zero-order chi connectivity index (χ0) is 11.0. The molecule has 0 aliphatic heterocycles. The number of halogens is 2. The molecule has 82 valence electrons. The van der Waals surface area contributed by atoms with Gasteiger partial charge in [0.25, 0.3) is 0 Å². The largest absolute Gasteiger partial charge is 0.327 e. The van der Waals surface area contributed by atoms with E-state index in [-0.39, 0.29) is 0 Å². The van der Waals surface area contributed by atoms with Crippen LogP contribution in [0, 0.1) is 5.92 Å². The molecule has 1 saturated carbocycles. The number of rotatable bonds is 2. The van der Waals surface area contributed by atoms with Crippen molar-refractivity contribution in [2.45, 2.75) is 31.7 Å². The van der Waals surface area contributed by atoms with Crippen molar-refractivity contribution in [3.63, 3.8) is 0 Å². The summed E-state index contributed by atoms with van der Waals surface area (Å²) in [6.07, 6.45) is 2.16. The molecule has 0 bridgehead atoms. The van der Waals surface area contributed by atoms with E-state index in [9.17, 15) is 0 Å². The lowest BCUT2D eigenvalue weighted by Crippen LogP contribution is -2.45. The van der Waals surface area contributed by atoms with Crippen molar-refractivity contribution in [3.8, 4) is 0 Å². The van der Waals surface area contributed by atoms with Crippen LogP contribution in [0.15, 0.2) is 18.2 Å². The van der Waals surface area contributed by atoms with E-state index in [4.69, 9.17) is 28.9 Å². The van der Waals surface area contributed by atoms with Crippen LogP contribution in [0.4, 0.5) is 0 Å². The van der Waals surface area contributed by atoms with E-state index in [0.717, 1.165) is 17.9 Å². The van der Waals surface area contributed by atoms with Gasteiger partial charge in [-0.15, -0.1) is 0 Å². The van der Waals surface area contributed by atoms with Crippen molar-refractivity contribution in [1.82, 2.24) is 0 Å². The summed E-state index contributed by atoms with van der Waals surface area (Å²) in [6, 6.07) is 6.09. The average molecular weight is 244 g/mol. The summed E-state index contributed by atoms with van der Waals surface area (Å²) in [5.74, 6) is 1.10. The normalized spacial score (nSPS) is 30.0. The van der Waals surface area contributed by atoms with Crippen LogP contribution >= 0.6 is 23.2 Å². The van der Waals surface area contributed by atoms with Crippen molar-refractivity contribution in [2.75, 3.05) is 0 Å². The van der Waals surface area contributed by atoms with Crippen molar-refractivity contribution in [2.24, 2.45) is 11.7 Å². The minimum absolute atomic E-state index is 0.340. The maximum Gasteiger partial charge on any atom is 0.0455 e. The lowest BCUT2D eigenvalue weighted by Gasteiger charge is -2.43. The Bertz CT molecular complexity index is 365. The highest BCUT2D eigenvalue weighted by molar-refractivity contribution is 6.35. The van der Waals surface area contributed by atoms with Crippen LogP contribution in [0.5, 0.6) is 0 Å². The molecule has 0 radical (unpaired) electrons. The number of benzene rings is 1. The Morgan fingerprint density at radius 1 is 1.40 bits per heavy atom. The Labute approximate surface area is 101 Å². The summed E-state index contributed by atoms with van der Waals surface area (Å²) in [5.41, 5.74) is 7.18. The Morgan fingerprint density at radius 3 is 2.67 bits per heavy atom. The third-order valence-electron chi connectivity index (χ3n) is 3.43. The van der Waals surface area contributed by atoms with Gasteiger partial charge in [-0.1, -0.05) is 42.6 Å². The van der Waals surface area contributed by atoms with Crippen molar-refractivity contribution < 1.29 is 0 Å². The van der Waals surface area contributed by atoms with E-state index in [1.165, 1.54) is 5.56 Å². The highest BCUT2D eigenvalue weighted by Crippen LogP contribution is 2.46. The molecule has 15 heavy (non-hydrogen) atoms. The molecule has 1 aliphatic carbocycles. The van der Waals surface area contributed by atoms with E-state index in [1.807, 2.05) is 18.2 Å². The van der Waals surface area contributed by atoms with Gasteiger partial charge in [0, 0.05) is 16.1 Å². The lowest BCUT2D eigenvalue weighted by molar-refractivity contribution is 0.198. The van der Waals surface area contributed by atoms with Gasteiger partial charge in [0.05, 0.1) is 0 Å². The average Bonchev–Trinajstić information content (AvgIpc) is 2.16. The first kappa shape index (κ1) is 11.3. The molecule has 1 aromatic rings. The highest BCUT2D eigenvalue weighted by atomic mass is 35.5. The fourth-order valence-corrected chi connectivity index (χ4v) is 3.04. The van der Waals surface area contributed by atoms with Gasteiger partial charge in [-0.05, 0) is 36.0 Å². The Morgan fingerprint density at radius 2 is 2.13 bits per heavy atom. The van der Waals surface area contributed by atoms with E-state index >= 15 is 0 Å². The minimum Gasteiger partial charge on any atom is -0.327 e. The fourth-order valence-electron chi connectivity index (χ4n) is 2.49. The Hall–Kier alpha value is -0.240. The molecule has 2 rings (SSSR count). The summed E-state index contributed by atoms with van der Waals surface area (Å²) in [4.78, 5) is 0. The lowest BCUT2D eigenvalue weighted by atomic mass is 9.65. The molecule has 0 aromatic heterocycles. The summed E-state index contributed by atoms with van der Waals surface area (Å²) < 4.78 is 0. The third kappa shape index (κ3) is 2.01. The maximum atomic E-state index is 6.18. The van der Waals surface area contributed by atoms with E-state index in [2.05, 4.69) is 6.92 Å². The van der Waals surface area contributed by atoms with Crippen molar-refractivity contribution in [1.29, 1.82) is 0 Å². The SMILES string of the molecule is CCC1C(N)CC1c1ccc(Cl)cc1Cl. The molecule has 1 aliphatic rings. The second kappa shape index (κ2) is 4.32. The van der Waals surface area contributed by atoms with Crippen LogP contribution in [-0.2, 0) is 0 Å². The van der Waals surface area contributed by atoms with Gasteiger partial charge in [-0.2, -0.15) is 0 Å². The number of hydrogen-bond acceptors (Lipinski definition) is 1. The predicted octanol–water partition coefficient (Wildman–Crippen LogP) is 3.83. The monoisotopic (exact) mass is 243 g/mol. The standard InChI is InChI=1S/C12H15Cl2N/c1-2-8-10(6-12(8)15)9-4-3-7(13)5-11(9)14/h3-5,8,10,12H,2,6,15H2,1H3. The van der Waals surface area contributed by atoms with Gasteiger partial charge < -0.3 is 5.73 Å². The second-order valence-corrected chi connectivity index (χ2v) is 5.09. The molecule has 1 fully saturated rings. The Kier molecular flexibility index (Phi) is 3.24. The molecular formula is C12H15Cl2N. The molecule has 3 heteroatoms. The quantitative estimate of drug-likeness (QED) is 0.840. The molecule has 0 amide bonds. The van der Waals surface area contributed by atoms with Crippen LogP contribution in [0.2, 0.25) is 10.0 Å². The van der Waals surface area contributed by atoms with Crippen LogP contribution < -0.4 is 5.73 Å². The van der Waals surface area contributed by atoms with Crippen molar-refractivity contribution in [3.05, 3.63) is 33.8 Å². The summed E-state index contributed by atoms with van der Waals surface area (Å²) >= 11 is 12.1. The molecule has 3 unspecified atom stereocenters. The highest BCUT2D eigenvalue weighted by Gasteiger charge is 2.38. The summed E-state index contributed by atoms with van der Waals surface area (Å²) in [7, 11) is 0. The van der Waals surface area contributed by atoms with Crippen molar-refractivity contribution >= 4 is 23.2 Å². The van der Waals surface area contributed by atoms with Crippen LogP contribution in [0.3, 0.4) is 0 Å². The second-order valence-electron chi connectivity index (χ2n) is 4.24. The van der Waals surface area contributed by atoms with Crippen LogP contribution in [0.25, 0.3) is 0 Å². The number of nitrogens with two attached hydrogens (primary N) is 1. The van der Waals surface area contributed by atoms with E-state index in [0.29, 0.717) is 22.9 Å². The third-order valence-corrected chi connectivity index (χ3v) is 3.99. The molecule has 0 spiro atoms. The molecular weight excluding hydrogens is 229 g/mol. The minimum atomic E-state index is 0.340. The molecule has 2 N–H and O–H groups in total. The van der Waals surface area contributed by atoms with Gasteiger partial charge in [-0.25, -0.2) is 0 Å². The first-order valence-corrected chi connectivity index (χ1v) is 6.09. The zero-order valence-corrected chi connectivity index (χ0v) is 10.2. The smallest absolute Gasteiger partial charge is 0.0455 e. The first-order valence-electron chi connectivity index (χ1n) is 5.34. The van der Waals surface area contributed by atoms with Gasteiger partial charge in [0.1, 0.15) is 0 Å². The van der Waals surface area contributed by atoms with Gasteiger partial charge in [0.2, 0.25) is 0 Å². The molecule has 1 aromatic carbocycles. The zero-order valence-electron chi connectivity index (χ0n) is 8.71. The van der Waals surface area contributed by atoms with Gasteiger partial charge in [-0.3, -0.25) is 0 Å². The van der Waals surface area contributed by atoms with Gasteiger partial charge >= 0.3 is 0 Å². The predicted molar refractivity (Wildman–Crippen MR) is 65.6 cm³/mol. The summed E-state index contributed by atoms with van der Waals surface area (Å²) in [5, 5.41) is 1.47. The van der Waals surface area contributed by atoms with Crippen LogP contribution in [0.1, 0.15) is 31.2 Å². The summed E-state index contributed by atoms with van der Waals surface area (Å²) in [6.45, 7) is 2.18. The Balaban J connectivity index is 2.23. The molecule has 3 atom stereocenters. The van der Waals surface area contributed by atoms with E-state index in [1.54, 1.807) is 0 Å². The number of hydrogen-bond donors (Lipinski definition) is 1. The first-order chi connectivity index (χ1) is 7.13. The van der Waals surface area contributed by atoms with Crippen LogP contribution in [-0.4, -0.2) is 6.04 Å².